The van der Waals surface area contributed by atoms with Crippen LogP contribution < -0.4 is 20.0 Å². The Morgan fingerprint density at radius 1 is 0.814 bits per heavy atom. The van der Waals surface area contributed by atoms with Gasteiger partial charge in [-0.25, -0.2) is 0 Å². The summed E-state index contributed by atoms with van der Waals surface area (Å²) in [6.07, 6.45) is -15.9. The van der Waals surface area contributed by atoms with Gasteiger partial charge in [0.1, 0.15) is 70.9 Å². The SMILES string of the molecule is C[C@@H]1O[C@@H](Oc2cc(O)c3c(=O)c(O[C@@H]4O[C@H](CO)[C@@H](O)[C@H](O)[C@H]4O)c(-c4ccc([O-])c(O)c4)oc3c2)[C@H](O)[C@H](O)[C@H]1O. The number of rotatable bonds is 6. The molecule has 0 bridgehead atoms. The highest BCUT2D eigenvalue weighted by molar-refractivity contribution is 5.88. The third-order valence-corrected chi connectivity index (χ3v) is 7.27. The van der Waals surface area contributed by atoms with Gasteiger partial charge < -0.3 is 74.4 Å². The first-order chi connectivity index (χ1) is 20.3. The Morgan fingerprint density at radius 3 is 2.12 bits per heavy atom. The van der Waals surface area contributed by atoms with E-state index in [9.17, 15) is 55.9 Å². The normalized spacial score (nSPS) is 32.9. The fourth-order valence-electron chi connectivity index (χ4n) is 4.81. The largest absolute Gasteiger partial charge is 0.870 e. The van der Waals surface area contributed by atoms with Crippen LogP contribution in [0.4, 0.5) is 0 Å². The van der Waals surface area contributed by atoms with E-state index in [0.29, 0.717) is 0 Å². The zero-order valence-corrected chi connectivity index (χ0v) is 22.3. The van der Waals surface area contributed by atoms with Gasteiger partial charge in [0.05, 0.1) is 12.7 Å². The summed E-state index contributed by atoms with van der Waals surface area (Å²) in [6, 6.07) is 5.18. The van der Waals surface area contributed by atoms with E-state index in [-0.39, 0.29) is 16.9 Å². The quantitative estimate of drug-likeness (QED) is 0.138. The van der Waals surface area contributed by atoms with Crippen LogP contribution in [0, 0.1) is 0 Å². The highest BCUT2D eigenvalue weighted by Gasteiger charge is 2.46. The average Bonchev–Trinajstić information content (AvgIpc) is 2.97. The van der Waals surface area contributed by atoms with Crippen molar-refractivity contribution >= 4 is 11.0 Å². The molecule has 234 valence electrons. The Labute approximate surface area is 241 Å². The Kier molecular flexibility index (Phi) is 8.41. The van der Waals surface area contributed by atoms with Crippen molar-refractivity contribution in [3.8, 4) is 40.1 Å². The molecule has 3 aromatic rings. The van der Waals surface area contributed by atoms with Crippen LogP contribution in [0.25, 0.3) is 22.3 Å². The third-order valence-electron chi connectivity index (χ3n) is 7.27. The standard InChI is InChI=1S/C27H30O16/c1-8-17(32)20(35)22(37)26(39-8)40-10-5-13(31)16-14(6-10)41-24(9-2-3-11(29)12(30)4-9)25(19(16)34)43-27-23(38)21(36)18(33)15(7-28)42-27/h2-6,8,15,17-18,20-23,26-33,35-38H,7H2,1H3/p-1/t8-,15+,17-,18+,20+,21-,22+,23+,26-,27-/m0/s1. The maximum Gasteiger partial charge on any atom is 0.239 e. The molecule has 2 aliphatic rings. The Bertz CT molecular complexity index is 1540. The second kappa shape index (κ2) is 11.8. The molecule has 3 heterocycles. The maximum atomic E-state index is 13.7. The molecule has 0 radical (unpaired) electrons. The lowest BCUT2D eigenvalue weighted by molar-refractivity contribution is -0.277. The van der Waals surface area contributed by atoms with Crippen LogP contribution in [0.2, 0.25) is 0 Å². The molecule has 2 aromatic carbocycles. The average molecular weight is 610 g/mol. The van der Waals surface area contributed by atoms with Crippen molar-refractivity contribution in [2.45, 2.75) is 68.3 Å². The molecule has 2 aliphatic heterocycles. The molecule has 0 saturated carbocycles. The van der Waals surface area contributed by atoms with Gasteiger partial charge in [-0.15, -0.1) is 0 Å². The Morgan fingerprint density at radius 2 is 1.47 bits per heavy atom. The van der Waals surface area contributed by atoms with E-state index in [1.54, 1.807) is 0 Å². The molecule has 1 aromatic heterocycles. The molecule has 2 fully saturated rings. The minimum Gasteiger partial charge on any atom is -0.870 e. The van der Waals surface area contributed by atoms with E-state index in [1.165, 1.54) is 13.0 Å². The second-order valence-electron chi connectivity index (χ2n) is 10.2. The van der Waals surface area contributed by atoms with Gasteiger partial charge in [-0.2, -0.15) is 0 Å². The minimum atomic E-state index is -1.93. The van der Waals surface area contributed by atoms with E-state index in [2.05, 4.69) is 0 Å². The predicted octanol–water partition coefficient (Wildman–Crippen LogP) is -2.67. The van der Waals surface area contributed by atoms with Crippen LogP contribution in [0.3, 0.4) is 0 Å². The molecule has 0 spiro atoms. The van der Waals surface area contributed by atoms with E-state index < -0.39 is 108 Å². The summed E-state index contributed by atoms with van der Waals surface area (Å²) >= 11 is 0. The lowest BCUT2D eigenvalue weighted by Gasteiger charge is -2.39. The molecule has 9 N–H and O–H groups in total. The monoisotopic (exact) mass is 609 g/mol. The zero-order chi connectivity index (χ0) is 31.3. The molecule has 2 saturated heterocycles. The molecule has 16 nitrogen and oxygen atoms in total. The van der Waals surface area contributed by atoms with Crippen molar-refractivity contribution in [2.75, 3.05) is 6.61 Å². The van der Waals surface area contributed by atoms with Crippen molar-refractivity contribution in [3.05, 3.63) is 40.6 Å². The molecule has 16 heteroatoms. The van der Waals surface area contributed by atoms with Crippen LogP contribution in [-0.2, 0) is 9.47 Å². The fourth-order valence-corrected chi connectivity index (χ4v) is 4.81. The van der Waals surface area contributed by atoms with Gasteiger partial charge in [-0.05, 0) is 13.0 Å². The van der Waals surface area contributed by atoms with E-state index in [0.717, 1.165) is 24.3 Å². The third kappa shape index (κ3) is 5.55. The van der Waals surface area contributed by atoms with E-state index in [4.69, 9.17) is 23.4 Å². The van der Waals surface area contributed by atoms with Crippen LogP contribution in [0.5, 0.6) is 28.7 Å². The van der Waals surface area contributed by atoms with E-state index >= 15 is 0 Å². The molecule has 43 heavy (non-hydrogen) atoms. The van der Waals surface area contributed by atoms with Gasteiger partial charge in [-0.3, -0.25) is 4.79 Å². The summed E-state index contributed by atoms with van der Waals surface area (Å²) in [4.78, 5) is 13.7. The van der Waals surface area contributed by atoms with Gasteiger partial charge in [0.2, 0.25) is 23.8 Å². The molecule has 0 amide bonds. The van der Waals surface area contributed by atoms with Crippen LogP contribution >= 0.6 is 0 Å². The number of phenols is 2. The number of benzene rings is 2. The van der Waals surface area contributed by atoms with Gasteiger partial charge in [-0.1, -0.05) is 17.9 Å². The molecule has 0 aliphatic carbocycles. The van der Waals surface area contributed by atoms with Gasteiger partial charge in [0, 0.05) is 17.7 Å². The van der Waals surface area contributed by atoms with Crippen LogP contribution in [0.15, 0.2) is 39.5 Å². The lowest BCUT2D eigenvalue weighted by atomic mass is 9.99. The number of hydrogen-bond acceptors (Lipinski definition) is 16. The molecular weight excluding hydrogens is 580 g/mol. The maximum absolute atomic E-state index is 13.7. The minimum absolute atomic E-state index is 0.0847. The summed E-state index contributed by atoms with van der Waals surface area (Å²) in [7, 11) is 0. The fraction of sp³-hybridized carbons (Fsp3) is 0.444. The van der Waals surface area contributed by atoms with Crippen LogP contribution in [-0.4, -0.2) is 114 Å². The first kappa shape index (κ1) is 30.7. The first-order valence-corrected chi connectivity index (χ1v) is 13.0. The van der Waals surface area contributed by atoms with Gasteiger partial charge in [0.15, 0.2) is 5.76 Å². The van der Waals surface area contributed by atoms with Gasteiger partial charge in [0.25, 0.3) is 0 Å². The smallest absolute Gasteiger partial charge is 0.239 e. The number of phenolic OH excluding ortho intramolecular Hbond substituents is 2. The molecule has 0 unspecified atom stereocenters. The molecular formula is C27H29O16-. The predicted molar refractivity (Wildman–Crippen MR) is 138 cm³/mol. The number of aliphatic hydroxyl groups is 7. The van der Waals surface area contributed by atoms with Crippen molar-refractivity contribution in [1.29, 1.82) is 0 Å². The number of aromatic hydroxyl groups is 2. The van der Waals surface area contributed by atoms with Crippen molar-refractivity contribution in [2.24, 2.45) is 0 Å². The Balaban J connectivity index is 1.61. The second-order valence-corrected chi connectivity index (χ2v) is 10.2. The van der Waals surface area contributed by atoms with Crippen molar-refractivity contribution < 1.29 is 74.4 Å². The summed E-state index contributed by atoms with van der Waals surface area (Å²) in [5.74, 6) is -3.57. The number of aliphatic hydroxyl groups excluding tert-OH is 7. The zero-order valence-electron chi connectivity index (χ0n) is 22.3. The number of ether oxygens (including phenoxy) is 4. The summed E-state index contributed by atoms with van der Waals surface area (Å²) in [5.41, 5.74) is -1.47. The summed E-state index contributed by atoms with van der Waals surface area (Å²) in [5, 5.41) is 103. The topological polar surface area (TPSA) is 272 Å². The highest BCUT2D eigenvalue weighted by Crippen LogP contribution is 2.39. The van der Waals surface area contributed by atoms with Crippen molar-refractivity contribution in [3.63, 3.8) is 0 Å². The number of hydrogen-bond donors (Lipinski definition) is 9. The Hall–Kier alpha value is -3.71. The summed E-state index contributed by atoms with van der Waals surface area (Å²) in [6.45, 7) is 0.638. The van der Waals surface area contributed by atoms with E-state index in [1.807, 2.05) is 0 Å². The molecule has 5 rings (SSSR count). The first-order valence-electron chi connectivity index (χ1n) is 13.0. The molecule has 10 atom stereocenters. The number of fused-ring (bicyclic) bond motifs is 1. The van der Waals surface area contributed by atoms with Crippen molar-refractivity contribution in [1.82, 2.24) is 0 Å². The van der Waals surface area contributed by atoms with Gasteiger partial charge >= 0.3 is 0 Å². The lowest BCUT2D eigenvalue weighted by Crippen LogP contribution is -2.60. The van der Waals surface area contributed by atoms with Crippen LogP contribution in [0.1, 0.15) is 6.92 Å². The summed E-state index contributed by atoms with van der Waals surface area (Å²) < 4.78 is 27.8. The highest BCUT2D eigenvalue weighted by atomic mass is 16.7.